The Kier molecular flexibility index (Phi) is 39.6. The highest BCUT2D eigenvalue weighted by Gasteiger charge is 2.53. The highest BCUT2D eigenvalue weighted by atomic mass is 16.6. The van der Waals surface area contributed by atoms with Crippen LogP contribution in [0.5, 0.6) is 0 Å². The summed E-state index contributed by atoms with van der Waals surface area (Å²) in [5, 5.41) is 35.5. The van der Waals surface area contributed by atoms with Crippen molar-refractivity contribution in [1.82, 2.24) is 4.90 Å². The molecule has 4 rings (SSSR count). The van der Waals surface area contributed by atoms with E-state index in [9.17, 15) is 39.3 Å². The van der Waals surface area contributed by atoms with E-state index in [0.29, 0.717) is 56.9 Å². The molecule has 15 atom stereocenters. The van der Waals surface area contributed by atoms with E-state index in [0.717, 1.165) is 10.5 Å². The van der Waals surface area contributed by atoms with Crippen LogP contribution in [0.1, 0.15) is 132 Å². The van der Waals surface area contributed by atoms with E-state index in [4.69, 9.17) is 23.7 Å². The Bertz CT molecular complexity index is 4830. The van der Waals surface area contributed by atoms with Crippen LogP contribution in [-0.4, -0.2) is 131 Å². The van der Waals surface area contributed by atoms with Crippen molar-refractivity contribution in [3.8, 4) is 237 Å². The Morgan fingerprint density at radius 2 is 1.07 bits per heavy atom. The first kappa shape index (κ1) is 86.2. The van der Waals surface area contributed by atoms with Gasteiger partial charge in [-0.25, -0.2) is 4.79 Å². The molecule has 1 saturated carbocycles. The molecule has 1 amide bonds. The largest absolute Gasteiger partial charge is 0.460 e. The molecule has 14 heteroatoms. The average Bonchev–Trinajstić information content (AvgIpc) is 0.774. The van der Waals surface area contributed by atoms with Gasteiger partial charge in [0.15, 0.2) is 11.4 Å². The number of hydrogen-bond donors (Lipinski definition) is 3. The SMILES string of the molecule is CC#CC#CC#CC#CC#CC#CC#CC#CC#CC#CC#CC#CC#CC#CC#CC#CC#CC#CC#CC#CC1(O)CC[C@@H](C[C@@H](C)[C@@H]2CC(=O)[C@H](C)/C=C(\C)[C@@H](O)[C@@H](OC)C(=O)[C@H](C)C[C@H](C)/C=C/C=C/C=C(\C)[C@@H](OC)C[C@@H]3CC[C@@H](C)[C@@](O)(O3)C(=O)C(=O)N3CCCC[C@H]3C(=O)O2)C[C@H]1OC. The number of cyclic esters (lactones) is 1. The Hall–Kier alpha value is -12.2. The van der Waals surface area contributed by atoms with Gasteiger partial charge in [-0.2, -0.15) is 0 Å². The zero-order valence-corrected chi connectivity index (χ0v) is 61.5. The zero-order chi connectivity index (χ0) is 77.4. The summed E-state index contributed by atoms with van der Waals surface area (Å²) < 4.78 is 29.9. The molecule has 0 aromatic rings. The molecule has 1 unspecified atom stereocenters. The molecule has 2 saturated heterocycles. The number of aliphatic hydroxyl groups is 3. The van der Waals surface area contributed by atoms with Gasteiger partial charge in [0, 0.05) is 189 Å². The molecule has 3 N–H and O–H groups in total. The lowest BCUT2D eigenvalue weighted by Gasteiger charge is -2.43. The number of aliphatic hydroxyl groups excluding tert-OH is 1. The molecule has 1 aliphatic carbocycles. The molecule has 3 heterocycles. The summed E-state index contributed by atoms with van der Waals surface area (Å²) in [7, 11) is 4.39. The van der Waals surface area contributed by atoms with Gasteiger partial charge in [-0.15, -0.1) is 0 Å². The van der Waals surface area contributed by atoms with E-state index < -0.39 is 95.4 Å². The predicted molar refractivity (Wildman–Crippen MR) is 405 cm³/mol. The topological polar surface area (TPSA) is 195 Å². The third-order valence-corrected chi connectivity index (χ3v) is 17.3. The first-order chi connectivity index (χ1) is 51.1. The van der Waals surface area contributed by atoms with Crippen LogP contribution in [0.15, 0.2) is 47.6 Å². The number of ether oxygens (including phenoxy) is 5. The van der Waals surface area contributed by atoms with Crippen molar-refractivity contribution in [2.45, 2.75) is 186 Å². The molecule has 0 aromatic heterocycles. The number of methoxy groups -OCH3 is 3. The summed E-state index contributed by atoms with van der Waals surface area (Å²) in [4.78, 5) is 73.1. The molecule has 106 heavy (non-hydrogen) atoms. The lowest BCUT2D eigenvalue weighted by atomic mass is 9.73. The van der Waals surface area contributed by atoms with E-state index in [2.05, 4.69) is 237 Å². The molecule has 3 aliphatic heterocycles. The fraction of sp³-hybridized carbons (Fsp3) is 0.424. The number of carbonyl (C=O) groups is 5. The zero-order valence-electron chi connectivity index (χ0n) is 61.5. The minimum absolute atomic E-state index is 0.0237. The molecule has 532 valence electrons. The van der Waals surface area contributed by atoms with Crippen molar-refractivity contribution < 1.29 is 63.0 Å². The van der Waals surface area contributed by atoms with E-state index in [1.54, 1.807) is 47.8 Å². The van der Waals surface area contributed by atoms with Gasteiger partial charge in [0.05, 0.1) is 18.3 Å². The number of hydrogen-bond acceptors (Lipinski definition) is 13. The summed E-state index contributed by atoms with van der Waals surface area (Å²) in [5.74, 6) is 92.6. The maximum atomic E-state index is 14.7. The minimum atomic E-state index is -2.49. The molecule has 0 aromatic carbocycles. The summed E-state index contributed by atoms with van der Waals surface area (Å²) in [6.07, 6.45) is 9.45. The van der Waals surface area contributed by atoms with Crippen molar-refractivity contribution >= 4 is 29.2 Å². The maximum absolute atomic E-state index is 14.7. The average molecular weight is 1410 g/mol. The van der Waals surface area contributed by atoms with Crippen LogP contribution in [-0.2, 0) is 47.7 Å². The molecule has 14 nitrogen and oxygen atoms in total. The predicted octanol–water partition coefficient (Wildman–Crippen LogP) is 6.64. The number of rotatable bonds is 6. The third-order valence-electron chi connectivity index (χ3n) is 17.3. The third kappa shape index (κ3) is 30.8. The number of fused-ring (bicyclic) bond motifs is 3. The number of piperidine rings is 1. The fourth-order valence-electron chi connectivity index (χ4n) is 11.6. The molecular formula is C92H81NO13. The maximum Gasteiger partial charge on any atom is 0.329 e. The van der Waals surface area contributed by atoms with Crippen LogP contribution in [0.2, 0.25) is 0 Å². The van der Waals surface area contributed by atoms with Crippen LogP contribution < -0.4 is 0 Å². The number of Topliss-reactive ketones (excluding diaryl/α,β-unsaturated/α-hetero) is 3. The van der Waals surface area contributed by atoms with Gasteiger partial charge in [0.2, 0.25) is 5.79 Å². The molecule has 4 aliphatic rings. The smallest absolute Gasteiger partial charge is 0.329 e. The van der Waals surface area contributed by atoms with Gasteiger partial charge in [-0.05, 0) is 209 Å². The second-order valence-corrected chi connectivity index (χ2v) is 25.0. The van der Waals surface area contributed by atoms with Gasteiger partial charge in [0.25, 0.3) is 11.7 Å². The van der Waals surface area contributed by atoms with Crippen molar-refractivity contribution in [2.24, 2.45) is 35.5 Å². The van der Waals surface area contributed by atoms with Crippen molar-refractivity contribution in [1.29, 1.82) is 0 Å². The van der Waals surface area contributed by atoms with Gasteiger partial charge in [0.1, 0.15) is 30.1 Å². The van der Waals surface area contributed by atoms with Crippen LogP contribution in [0.4, 0.5) is 0 Å². The van der Waals surface area contributed by atoms with Crippen molar-refractivity contribution in [2.75, 3.05) is 27.9 Å². The van der Waals surface area contributed by atoms with E-state index >= 15 is 0 Å². The number of amides is 1. The lowest BCUT2D eigenvalue weighted by molar-refractivity contribution is -0.265. The molecule has 2 bridgehead atoms. The Morgan fingerprint density at radius 1 is 0.575 bits per heavy atom. The fourth-order valence-corrected chi connectivity index (χ4v) is 11.6. The second-order valence-electron chi connectivity index (χ2n) is 25.0. The monoisotopic (exact) mass is 1410 g/mol. The summed E-state index contributed by atoms with van der Waals surface area (Å²) in [5.41, 5.74) is -0.391. The van der Waals surface area contributed by atoms with Gasteiger partial charge in [-0.1, -0.05) is 82.9 Å². The van der Waals surface area contributed by atoms with E-state index in [1.807, 2.05) is 51.2 Å². The normalized spacial score (nSPS) is 27.1. The first-order valence-electron chi connectivity index (χ1n) is 34.3. The molecular weight excluding hydrogens is 1330 g/mol. The number of allylic oxidation sites excluding steroid dienone is 6. The summed E-state index contributed by atoms with van der Waals surface area (Å²) >= 11 is 0. The van der Waals surface area contributed by atoms with Gasteiger partial charge < -0.3 is 43.9 Å². The van der Waals surface area contributed by atoms with Crippen LogP contribution in [0, 0.1) is 272 Å². The number of esters is 1. The number of carbonyl (C=O) groups excluding carboxylic acids is 5. The van der Waals surface area contributed by atoms with Crippen molar-refractivity contribution in [3.63, 3.8) is 0 Å². The van der Waals surface area contributed by atoms with Gasteiger partial charge >= 0.3 is 5.97 Å². The highest BCUT2D eigenvalue weighted by molar-refractivity contribution is 6.39. The number of ketones is 3. The Balaban J connectivity index is 1.43. The summed E-state index contributed by atoms with van der Waals surface area (Å²) in [6, 6.07) is -1.23. The van der Waals surface area contributed by atoms with Gasteiger partial charge in [-0.3, -0.25) is 19.2 Å². The lowest BCUT2D eigenvalue weighted by Crippen LogP contribution is -2.61. The Labute approximate surface area is 628 Å². The molecule has 0 spiro atoms. The minimum Gasteiger partial charge on any atom is -0.460 e. The van der Waals surface area contributed by atoms with E-state index in [-0.39, 0.29) is 55.6 Å². The summed E-state index contributed by atoms with van der Waals surface area (Å²) in [6.45, 7) is 14.2. The second kappa shape index (κ2) is 48.7. The quantitative estimate of drug-likeness (QED) is 0.111. The molecule has 0 radical (unpaired) electrons. The van der Waals surface area contributed by atoms with E-state index in [1.165, 1.54) is 14.2 Å². The van der Waals surface area contributed by atoms with Crippen LogP contribution in [0.3, 0.4) is 0 Å². The standard InChI is InChI=1S/C92H81NO13/c1-12-13-14-15-16-17-18-19-20-21-22-23-24-25-26-27-28-29-30-31-32-33-34-35-36-37-38-39-40-41-42-43-44-45-46-47-48-49-54-62-91(100)63-61-78(68-84(91)103-10)67-74(5)83-70-81(94)73(4)66-76(7)86(96)87(104-11)85(95)75(6)65-71(2)56-51-50-52-57-72(3)82(102-9)69-79-60-59-77(8)92(101,106-79)88(97)89(98)93-64-55-53-58-80(93)90(99)105-83/h50-52,56-57,66,71,73-75,77-80,82-84,86-87,96,100-101H,53,55,58-61,63-65,67-70H2,1-11H3/b52-50+,56-51+,72-57+,76-66+/t71-,73-,74-,75-,77-,78+,79+,80+,82+,83+,84-,86-,87+,91?,92-/m1/s1. The molecule has 3 fully saturated rings. The van der Waals surface area contributed by atoms with Crippen LogP contribution >= 0.6 is 0 Å². The highest BCUT2D eigenvalue weighted by Crippen LogP contribution is 2.40. The van der Waals surface area contributed by atoms with Crippen molar-refractivity contribution in [3.05, 3.63) is 47.6 Å². The first-order valence-corrected chi connectivity index (χ1v) is 34.3. The number of nitrogens with zero attached hydrogens (tertiary/aromatic N) is 1. The van der Waals surface area contributed by atoms with Crippen LogP contribution in [0.25, 0.3) is 0 Å². The Morgan fingerprint density at radius 3 is 1.54 bits per heavy atom.